The maximum atomic E-state index is 11.0. The van der Waals surface area contributed by atoms with Crippen LogP contribution in [0, 0.1) is 5.92 Å². The third kappa shape index (κ3) is 1.63. The second-order valence-electron chi connectivity index (χ2n) is 4.69. The highest BCUT2D eigenvalue weighted by Crippen LogP contribution is 2.50. The molecule has 2 aromatic rings. The van der Waals surface area contributed by atoms with Crippen LogP contribution in [0.15, 0.2) is 36.4 Å². The molecule has 2 aromatic carbocycles. The summed E-state index contributed by atoms with van der Waals surface area (Å²) in [6.07, 6.45) is 0.742. The molecule has 1 aliphatic carbocycles. The Labute approximate surface area is 105 Å². The Bertz CT molecular complexity index is 618. The summed E-state index contributed by atoms with van der Waals surface area (Å²) in [6, 6.07) is 11.9. The predicted molar refractivity (Wildman–Crippen MR) is 69.0 cm³/mol. The summed E-state index contributed by atoms with van der Waals surface area (Å²) in [5.74, 6) is 0.0712. The number of ether oxygens (including phenoxy) is 1. The fraction of sp³-hybridized carbons (Fsp3) is 0.267. The van der Waals surface area contributed by atoms with Gasteiger partial charge in [-0.3, -0.25) is 4.79 Å². The number of aliphatic carboxylic acids is 1. The molecular formula is C15H14O3. The molecule has 3 nitrogen and oxygen atoms in total. The summed E-state index contributed by atoms with van der Waals surface area (Å²) >= 11 is 0. The topological polar surface area (TPSA) is 46.5 Å². The molecule has 2 unspecified atom stereocenters. The molecule has 0 aliphatic heterocycles. The quantitative estimate of drug-likeness (QED) is 0.899. The lowest BCUT2D eigenvalue weighted by Crippen LogP contribution is -1.99. The Morgan fingerprint density at radius 2 is 1.94 bits per heavy atom. The van der Waals surface area contributed by atoms with Crippen molar-refractivity contribution in [1.29, 1.82) is 0 Å². The molecule has 3 heteroatoms. The summed E-state index contributed by atoms with van der Waals surface area (Å²) in [4.78, 5) is 11.0. The van der Waals surface area contributed by atoms with Crippen LogP contribution < -0.4 is 4.74 Å². The molecule has 0 aromatic heterocycles. The maximum absolute atomic E-state index is 11.0. The smallest absolute Gasteiger partial charge is 0.307 e. The number of rotatable bonds is 3. The van der Waals surface area contributed by atoms with E-state index in [2.05, 4.69) is 0 Å². The predicted octanol–water partition coefficient (Wildman–Crippen LogP) is 3.04. The molecule has 92 valence electrons. The maximum Gasteiger partial charge on any atom is 0.307 e. The molecule has 0 amide bonds. The SMILES string of the molecule is COc1ccc(C2CC2C(=O)O)c2ccccc12. The molecule has 18 heavy (non-hydrogen) atoms. The number of carbonyl (C=O) groups is 1. The van der Waals surface area contributed by atoms with Gasteiger partial charge >= 0.3 is 5.97 Å². The summed E-state index contributed by atoms with van der Waals surface area (Å²) in [5, 5.41) is 11.2. The summed E-state index contributed by atoms with van der Waals surface area (Å²) < 4.78 is 5.34. The van der Waals surface area contributed by atoms with Gasteiger partial charge in [-0.1, -0.05) is 30.3 Å². The molecule has 0 bridgehead atoms. The van der Waals surface area contributed by atoms with E-state index in [0.29, 0.717) is 0 Å². The second-order valence-corrected chi connectivity index (χ2v) is 4.69. The molecule has 1 fully saturated rings. The van der Waals surface area contributed by atoms with E-state index in [9.17, 15) is 4.79 Å². The van der Waals surface area contributed by atoms with E-state index in [4.69, 9.17) is 9.84 Å². The zero-order valence-electron chi connectivity index (χ0n) is 10.1. The van der Waals surface area contributed by atoms with Crippen molar-refractivity contribution in [1.82, 2.24) is 0 Å². The molecular weight excluding hydrogens is 228 g/mol. The number of hydrogen-bond acceptors (Lipinski definition) is 2. The van der Waals surface area contributed by atoms with Crippen LogP contribution in [0.2, 0.25) is 0 Å². The first-order valence-electron chi connectivity index (χ1n) is 6.01. The average Bonchev–Trinajstić information content (AvgIpc) is 3.17. The Morgan fingerprint density at radius 3 is 2.56 bits per heavy atom. The number of carboxylic acid groups (broad SMARTS) is 1. The van der Waals surface area contributed by atoms with E-state index in [1.54, 1.807) is 7.11 Å². The summed E-state index contributed by atoms with van der Waals surface area (Å²) in [6.45, 7) is 0. The van der Waals surface area contributed by atoms with Crippen molar-refractivity contribution in [2.45, 2.75) is 12.3 Å². The van der Waals surface area contributed by atoms with Gasteiger partial charge in [0.1, 0.15) is 5.75 Å². The number of methoxy groups -OCH3 is 1. The number of fused-ring (bicyclic) bond motifs is 1. The molecule has 0 heterocycles. The molecule has 1 N–H and O–H groups in total. The zero-order valence-corrected chi connectivity index (χ0v) is 10.1. The Hall–Kier alpha value is -2.03. The van der Waals surface area contributed by atoms with Gasteiger partial charge in [0.05, 0.1) is 13.0 Å². The first-order chi connectivity index (χ1) is 8.72. The molecule has 0 spiro atoms. The van der Waals surface area contributed by atoms with Crippen LogP contribution in [0.5, 0.6) is 5.75 Å². The standard InChI is InChI=1S/C15H14O3/c1-18-14-7-6-10(12-8-13(12)15(16)17)9-4-2-3-5-11(9)14/h2-7,12-13H,8H2,1H3,(H,16,17). The van der Waals surface area contributed by atoms with Crippen molar-refractivity contribution in [2.75, 3.05) is 7.11 Å². The van der Waals surface area contributed by atoms with Gasteiger partial charge in [0.2, 0.25) is 0 Å². The van der Waals surface area contributed by atoms with Crippen LogP contribution >= 0.6 is 0 Å². The van der Waals surface area contributed by atoms with Crippen LogP contribution in [-0.4, -0.2) is 18.2 Å². The van der Waals surface area contributed by atoms with Gasteiger partial charge in [0.15, 0.2) is 0 Å². The Morgan fingerprint density at radius 1 is 1.22 bits per heavy atom. The molecule has 2 atom stereocenters. The van der Waals surface area contributed by atoms with Crippen LogP contribution in [-0.2, 0) is 4.79 Å². The molecule has 1 saturated carbocycles. The number of benzene rings is 2. The first-order valence-corrected chi connectivity index (χ1v) is 6.01. The minimum Gasteiger partial charge on any atom is -0.496 e. The number of carboxylic acids is 1. The zero-order chi connectivity index (χ0) is 12.7. The Kier molecular flexibility index (Phi) is 2.47. The van der Waals surface area contributed by atoms with Crippen molar-refractivity contribution in [3.63, 3.8) is 0 Å². The highest BCUT2D eigenvalue weighted by atomic mass is 16.5. The second kappa shape index (κ2) is 4.02. The normalized spacial score (nSPS) is 21.8. The highest BCUT2D eigenvalue weighted by Gasteiger charge is 2.44. The van der Waals surface area contributed by atoms with E-state index in [0.717, 1.165) is 28.5 Å². The van der Waals surface area contributed by atoms with Gasteiger partial charge in [0.25, 0.3) is 0 Å². The van der Waals surface area contributed by atoms with Crippen LogP contribution in [0.3, 0.4) is 0 Å². The first kappa shape index (κ1) is 11.1. The summed E-state index contributed by atoms with van der Waals surface area (Å²) in [5.41, 5.74) is 1.12. The molecule has 0 radical (unpaired) electrons. The third-order valence-corrected chi connectivity index (χ3v) is 3.64. The average molecular weight is 242 g/mol. The molecule has 0 saturated heterocycles. The summed E-state index contributed by atoms with van der Waals surface area (Å²) in [7, 11) is 1.65. The Balaban J connectivity index is 2.12. The van der Waals surface area contributed by atoms with E-state index in [1.807, 2.05) is 36.4 Å². The fourth-order valence-corrected chi connectivity index (χ4v) is 2.61. The molecule has 1 aliphatic rings. The van der Waals surface area contributed by atoms with E-state index < -0.39 is 5.97 Å². The minimum absolute atomic E-state index is 0.151. The minimum atomic E-state index is -0.695. The van der Waals surface area contributed by atoms with E-state index >= 15 is 0 Å². The van der Waals surface area contributed by atoms with Gasteiger partial charge in [-0.2, -0.15) is 0 Å². The highest BCUT2D eigenvalue weighted by molar-refractivity contribution is 5.92. The van der Waals surface area contributed by atoms with Crippen molar-refractivity contribution in [2.24, 2.45) is 5.92 Å². The van der Waals surface area contributed by atoms with Crippen LogP contribution in [0.4, 0.5) is 0 Å². The van der Waals surface area contributed by atoms with Gasteiger partial charge < -0.3 is 9.84 Å². The van der Waals surface area contributed by atoms with Crippen molar-refractivity contribution in [3.05, 3.63) is 42.0 Å². The lowest BCUT2D eigenvalue weighted by Gasteiger charge is -2.09. The van der Waals surface area contributed by atoms with E-state index in [-0.39, 0.29) is 11.8 Å². The number of hydrogen-bond donors (Lipinski definition) is 1. The van der Waals surface area contributed by atoms with Gasteiger partial charge in [-0.25, -0.2) is 0 Å². The fourth-order valence-electron chi connectivity index (χ4n) is 2.61. The monoisotopic (exact) mass is 242 g/mol. The van der Waals surface area contributed by atoms with E-state index in [1.165, 1.54) is 0 Å². The lowest BCUT2D eigenvalue weighted by atomic mass is 9.99. The van der Waals surface area contributed by atoms with Crippen LogP contribution in [0.1, 0.15) is 17.9 Å². The van der Waals surface area contributed by atoms with Crippen molar-refractivity contribution >= 4 is 16.7 Å². The van der Waals surface area contributed by atoms with Gasteiger partial charge in [-0.15, -0.1) is 0 Å². The lowest BCUT2D eigenvalue weighted by molar-refractivity contribution is -0.138. The van der Waals surface area contributed by atoms with Crippen molar-refractivity contribution < 1.29 is 14.6 Å². The van der Waals surface area contributed by atoms with Gasteiger partial charge in [0, 0.05) is 5.39 Å². The van der Waals surface area contributed by atoms with Crippen molar-refractivity contribution in [3.8, 4) is 5.75 Å². The van der Waals surface area contributed by atoms with Gasteiger partial charge in [-0.05, 0) is 29.4 Å². The molecule has 3 rings (SSSR count). The van der Waals surface area contributed by atoms with Crippen LogP contribution in [0.25, 0.3) is 10.8 Å². The largest absolute Gasteiger partial charge is 0.496 e. The third-order valence-electron chi connectivity index (χ3n) is 3.64.